The van der Waals surface area contributed by atoms with E-state index < -0.39 is 27.8 Å². The van der Waals surface area contributed by atoms with Crippen LogP contribution in [0.1, 0.15) is 37.3 Å². The van der Waals surface area contributed by atoms with E-state index in [1.54, 1.807) is 0 Å². The number of benzene rings is 1. The summed E-state index contributed by atoms with van der Waals surface area (Å²) in [5.41, 5.74) is 1.80. The first-order chi connectivity index (χ1) is 12.6. The van der Waals surface area contributed by atoms with Gasteiger partial charge in [0.05, 0.1) is 12.4 Å². The van der Waals surface area contributed by atoms with Crippen LogP contribution in [-0.2, 0) is 19.4 Å². The lowest BCUT2D eigenvalue weighted by Crippen LogP contribution is -2.42. The second-order valence-corrected chi connectivity index (χ2v) is 9.16. The lowest BCUT2D eigenvalue weighted by Gasteiger charge is -2.14. The SMILES string of the molecule is CCS(=O)(=O)CCC(NC(=O)CCCOc1cc(C)c(Cl)c(C)c1)C(=O)O. The van der Waals surface area contributed by atoms with Crippen LogP contribution in [0.5, 0.6) is 5.75 Å². The maximum Gasteiger partial charge on any atom is 0.326 e. The molecule has 1 amide bonds. The minimum atomic E-state index is -3.29. The molecule has 1 aromatic carbocycles. The van der Waals surface area contributed by atoms with Gasteiger partial charge in [0.25, 0.3) is 0 Å². The van der Waals surface area contributed by atoms with Crippen LogP contribution >= 0.6 is 11.6 Å². The molecule has 27 heavy (non-hydrogen) atoms. The molecule has 1 atom stereocenters. The first-order valence-corrected chi connectivity index (χ1v) is 10.9. The Hall–Kier alpha value is -1.80. The Bertz CT molecular complexity index is 755. The topological polar surface area (TPSA) is 110 Å². The molecular formula is C18H26ClNO6S. The van der Waals surface area contributed by atoms with Crippen molar-refractivity contribution in [3.63, 3.8) is 0 Å². The van der Waals surface area contributed by atoms with Gasteiger partial charge < -0.3 is 15.2 Å². The molecule has 0 radical (unpaired) electrons. The number of hydrogen-bond donors (Lipinski definition) is 2. The van der Waals surface area contributed by atoms with Crippen LogP contribution in [0.15, 0.2) is 12.1 Å². The molecule has 2 N–H and O–H groups in total. The highest BCUT2D eigenvalue weighted by molar-refractivity contribution is 7.91. The quantitative estimate of drug-likeness (QED) is 0.533. The zero-order chi connectivity index (χ0) is 20.6. The van der Waals surface area contributed by atoms with Crippen molar-refractivity contribution in [1.29, 1.82) is 0 Å². The average Bonchev–Trinajstić information content (AvgIpc) is 2.59. The highest BCUT2D eigenvalue weighted by Crippen LogP contribution is 2.25. The molecule has 1 aromatic rings. The van der Waals surface area contributed by atoms with E-state index in [1.165, 1.54) is 6.92 Å². The third-order valence-electron chi connectivity index (χ3n) is 4.02. The minimum Gasteiger partial charge on any atom is -0.494 e. The first kappa shape index (κ1) is 23.2. The number of carbonyl (C=O) groups excluding carboxylic acids is 1. The summed E-state index contributed by atoms with van der Waals surface area (Å²) < 4.78 is 28.6. The number of carbonyl (C=O) groups is 2. The molecule has 0 heterocycles. The van der Waals surface area contributed by atoms with E-state index in [2.05, 4.69) is 5.32 Å². The van der Waals surface area contributed by atoms with Crippen LogP contribution < -0.4 is 10.1 Å². The molecular weight excluding hydrogens is 394 g/mol. The normalized spacial score (nSPS) is 12.4. The number of aliphatic carboxylic acids is 1. The summed E-state index contributed by atoms with van der Waals surface area (Å²) in [6.07, 6.45) is 0.319. The number of carboxylic acids is 1. The van der Waals surface area contributed by atoms with Crippen molar-refractivity contribution < 1.29 is 27.9 Å². The molecule has 7 nitrogen and oxygen atoms in total. The van der Waals surface area contributed by atoms with Gasteiger partial charge in [0.15, 0.2) is 0 Å². The van der Waals surface area contributed by atoms with Gasteiger partial charge in [-0.2, -0.15) is 0 Å². The lowest BCUT2D eigenvalue weighted by molar-refractivity contribution is -0.141. The Kier molecular flexibility index (Phi) is 9.05. The van der Waals surface area contributed by atoms with Crippen molar-refractivity contribution in [3.05, 3.63) is 28.3 Å². The second kappa shape index (κ2) is 10.5. The zero-order valence-electron chi connectivity index (χ0n) is 15.7. The highest BCUT2D eigenvalue weighted by Gasteiger charge is 2.22. The Morgan fingerprint density at radius 1 is 1.26 bits per heavy atom. The summed E-state index contributed by atoms with van der Waals surface area (Å²) in [6.45, 7) is 5.53. The molecule has 0 saturated carbocycles. The maximum atomic E-state index is 11.9. The van der Waals surface area contributed by atoms with Crippen molar-refractivity contribution in [2.24, 2.45) is 0 Å². The summed E-state index contributed by atoms with van der Waals surface area (Å²) in [4.78, 5) is 23.1. The van der Waals surface area contributed by atoms with Gasteiger partial charge in [-0.05, 0) is 49.9 Å². The number of sulfone groups is 1. The summed E-state index contributed by atoms with van der Waals surface area (Å²) >= 11 is 6.10. The van der Waals surface area contributed by atoms with Crippen LogP contribution in [0.25, 0.3) is 0 Å². The van der Waals surface area contributed by atoms with Crippen LogP contribution in [0.4, 0.5) is 0 Å². The number of nitrogens with one attached hydrogen (secondary N) is 1. The number of amides is 1. The largest absolute Gasteiger partial charge is 0.494 e. The molecule has 0 fully saturated rings. The minimum absolute atomic E-state index is 0.0612. The number of carboxylic acid groups (broad SMARTS) is 1. The Morgan fingerprint density at radius 3 is 2.37 bits per heavy atom. The third kappa shape index (κ3) is 8.17. The molecule has 0 aliphatic carbocycles. The molecule has 0 saturated heterocycles. The van der Waals surface area contributed by atoms with Crippen molar-refractivity contribution >= 4 is 33.3 Å². The van der Waals surface area contributed by atoms with Gasteiger partial charge in [-0.1, -0.05) is 18.5 Å². The van der Waals surface area contributed by atoms with E-state index in [-0.39, 0.29) is 31.0 Å². The third-order valence-corrected chi connectivity index (χ3v) is 6.35. The fourth-order valence-corrected chi connectivity index (χ4v) is 3.37. The lowest BCUT2D eigenvalue weighted by atomic mass is 10.1. The van der Waals surface area contributed by atoms with E-state index in [1.807, 2.05) is 26.0 Å². The summed E-state index contributed by atoms with van der Waals surface area (Å²) in [5.74, 6) is -1.39. The van der Waals surface area contributed by atoms with Crippen LogP contribution in [0.3, 0.4) is 0 Å². The molecule has 0 bridgehead atoms. The smallest absolute Gasteiger partial charge is 0.326 e. The molecule has 0 aliphatic heterocycles. The van der Waals surface area contributed by atoms with Gasteiger partial charge in [-0.3, -0.25) is 4.79 Å². The van der Waals surface area contributed by atoms with Crippen LogP contribution in [0.2, 0.25) is 5.02 Å². The number of hydrogen-bond acceptors (Lipinski definition) is 5. The van der Waals surface area contributed by atoms with E-state index in [4.69, 9.17) is 21.4 Å². The molecule has 152 valence electrons. The molecule has 1 unspecified atom stereocenters. The number of aryl methyl sites for hydroxylation is 2. The van der Waals surface area contributed by atoms with E-state index in [0.29, 0.717) is 17.2 Å². The predicted octanol–water partition coefficient (Wildman–Crippen LogP) is 2.51. The molecule has 0 spiro atoms. The fourth-order valence-electron chi connectivity index (χ4n) is 2.38. The van der Waals surface area contributed by atoms with Crippen molar-refractivity contribution in [2.75, 3.05) is 18.1 Å². The Balaban J connectivity index is 2.43. The van der Waals surface area contributed by atoms with Gasteiger partial charge in [-0.15, -0.1) is 0 Å². The monoisotopic (exact) mass is 419 g/mol. The Morgan fingerprint density at radius 2 is 1.85 bits per heavy atom. The first-order valence-electron chi connectivity index (χ1n) is 8.68. The Labute approximate surface area is 165 Å². The van der Waals surface area contributed by atoms with Gasteiger partial charge in [0.1, 0.15) is 21.6 Å². The van der Waals surface area contributed by atoms with Crippen molar-refractivity contribution in [2.45, 2.75) is 46.1 Å². The average molecular weight is 420 g/mol. The number of rotatable bonds is 11. The maximum absolute atomic E-state index is 11.9. The second-order valence-electron chi connectivity index (χ2n) is 6.31. The summed E-state index contributed by atoms with van der Waals surface area (Å²) in [7, 11) is -3.29. The van der Waals surface area contributed by atoms with Gasteiger partial charge in [0, 0.05) is 17.2 Å². The van der Waals surface area contributed by atoms with Gasteiger partial charge >= 0.3 is 5.97 Å². The van der Waals surface area contributed by atoms with Crippen LogP contribution in [0, 0.1) is 13.8 Å². The van der Waals surface area contributed by atoms with Gasteiger partial charge in [-0.25, -0.2) is 13.2 Å². The number of halogens is 1. The van der Waals surface area contributed by atoms with Gasteiger partial charge in [0.2, 0.25) is 5.91 Å². The van der Waals surface area contributed by atoms with Crippen molar-refractivity contribution in [3.8, 4) is 5.75 Å². The molecule has 1 rings (SSSR count). The predicted molar refractivity (Wildman–Crippen MR) is 104 cm³/mol. The zero-order valence-corrected chi connectivity index (χ0v) is 17.3. The number of ether oxygens (including phenoxy) is 1. The summed E-state index contributed by atoms with van der Waals surface area (Å²) in [5, 5.41) is 12.2. The highest BCUT2D eigenvalue weighted by atomic mass is 35.5. The van der Waals surface area contributed by atoms with Crippen molar-refractivity contribution in [1.82, 2.24) is 5.32 Å². The van der Waals surface area contributed by atoms with E-state index >= 15 is 0 Å². The molecule has 0 aromatic heterocycles. The summed E-state index contributed by atoms with van der Waals surface area (Å²) in [6, 6.07) is 2.40. The van der Waals surface area contributed by atoms with Crippen LogP contribution in [-0.4, -0.2) is 49.6 Å². The molecule has 9 heteroatoms. The van der Waals surface area contributed by atoms with E-state index in [9.17, 15) is 18.0 Å². The fraction of sp³-hybridized carbons (Fsp3) is 0.556. The standard InChI is InChI=1S/C18H26ClNO6S/c1-4-27(24,25)9-7-15(18(22)23)20-16(21)6-5-8-26-14-10-12(2)17(19)13(3)11-14/h10-11,15H,4-9H2,1-3H3,(H,20,21)(H,22,23). The molecule has 0 aliphatic rings. The van der Waals surface area contributed by atoms with E-state index in [0.717, 1.165) is 11.1 Å².